The Labute approximate surface area is 141 Å². The molecule has 0 radical (unpaired) electrons. The summed E-state index contributed by atoms with van der Waals surface area (Å²) in [5.41, 5.74) is 5.10. The number of hydrogen-bond acceptors (Lipinski definition) is 4. The van der Waals surface area contributed by atoms with Gasteiger partial charge in [0.15, 0.2) is 0 Å². The Morgan fingerprint density at radius 2 is 2.13 bits per heavy atom. The topological polar surface area (TPSA) is 30.5 Å². The monoisotopic (exact) mass is 329 g/mol. The molecule has 0 amide bonds. The van der Waals surface area contributed by atoms with Gasteiger partial charge >= 0.3 is 0 Å². The van der Waals surface area contributed by atoms with E-state index in [0.717, 1.165) is 6.42 Å². The van der Waals surface area contributed by atoms with Crippen molar-refractivity contribution in [3.63, 3.8) is 0 Å². The van der Waals surface area contributed by atoms with Crippen molar-refractivity contribution in [2.45, 2.75) is 44.4 Å². The lowest BCUT2D eigenvalue weighted by Crippen LogP contribution is -2.43. The lowest BCUT2D eigenvalue weighted by Gasteiger charge is -2.43. The third-order valence-corrected chi connectivity index (χ3v) is 5.80. The van der Waals surface area contributed by atoms with Gasteiger partial charge in [-0.3, -0.25) is 0 Å². The van der Waals surface area contributed by atoms with Crippen LogP contribution in [0.1, 0.15) is 55.0 Å². The molecule has 2 aliphatic rings. The molecule has 122 valence electrons. The fourth-order valence-corrected chi connectivity index (χ4v) is 4.24. The van der Waals surface area contributed by atoms with E-state index >= 15 is 0 Å². The number of hydrogen-bond donors (Lipinski definition) is 1. The molecule has 0 aliphatic carbocycles. The highest BCUT2D eigenvalue weighted by Crippen LogP contribution is 2.45. The molecule has 2 aromatic rings. The second kappa shape index (κ2) is 6.27. The first kappa shape index (κ1) is 15.2. The standard InChI is InChI=1S/C19H23NO2S/c1-3-12(2)13-4-5-16-15(10-13)18-19(22-8-7-21-18)17(20-16)14-6-9-23-11-14/h4-6,9-12,17-20H,3,7-8H2,1-2H3. The Hall–Kier alpha value is -1.36. The summed E-state index contributed by atoms with van der Waals surface area (Å²) in [7, 11) is 0. The minimum absolute atomic E-state index is 0.0221. The molecule has 0 bridgehead atoms. The summed E-state index contributed by atoms with van der Waals surface area (Å²) in [6, 6.07) is 9.11. The molecule has 3 heterocycles. The minimum atomic E-state index is 0.0221. The van der Waals surface area contributed by atoms with E-state index in [1.54, 1.807) is 11.3 Å². The van der Waals surface area contributed by atoms with Crippen molar-refractivity contribution in [2.75, 3.05) is 18.5 Å². The quantitative estimate of drug-likeness (QED) is 0.870. The minimum Gasteiger partial charge on any atom is -0.375 e. The summed E-state index contributed by atoms with van der Waals surface area (Å²) >= 11 is 1.73. The third-order valence-electron chi connectivity index (χ3n) is 5.09. The van der Waals surface area contributed by atoms with Crippen LogP contribution in [0.5, 0.6) is 0 Å². The van der Waals surface area contributed by atoms with Gasteiger partial charge in [0, 0.05) is 11.3 Å². The summed E-state index contributed by atoms with van der Waals surface area (Å²) in [6.07, 6.45) is 1.21. The molecule has 23 heavy (non-hydrogen) atoms. The van der Waals surface area contributed by atoms with E-state index in [9.17, 15) is 0 Å². The zero-order valence-corrected chi connectivity index (χ0v) is 14.4. The number of rotatable bonds is 3. The van der Waals surface area contributed by atoms with E-state index in [4.69, 9.17) is 9.47 Å². The average Bonchev–Trinajstić information content (AvgIpc) is 3.14. The van der Waals surface area contributed by atoms with Crippen LogP contribution in [0, 0.1) is 0 Å². The molecular formula is C19H23NO2S. The van der Waals surface area contributed by atoms with Crippen LogP contribution in [0.2, 0.25) is 0 Å². The molecule has 0 spiro atoms. The summed E-state index contributed by atoms with van der Waals surface area (Å²) < 4.78 is 12.3. The van der Waals surface area contributed by atoms with Gasteiger partial charge in [0.25, 0.3) is 0 Å². The van der Waals surface area contributed by atoms with Crippen molar-refractivity contribution in [2.24, 2.45) is 0 Å². The van der Waals surface area contributed by atoms with E-state index < -0.39 is 0 Å². The molecule has 1 aromatic carbocycles. The van der Waals surface area contributed by atoms with Gasteiger partial charge in [-0.25, -0.2) is 0 Å². The molecule has 1 aromatic heterocycles. The van der Waals surface area contributed by atoms with Crippen LogP contribution in [0.4, 0.5) is 5.69 Å². The van der Waals surface area contributed by atoms with Gasteiger partial charge in [0.2, 0.25) is 0 Å². The smallest absolute Gasteiger partial charge is 0.113 e. The summed E-state index contributed by atoms with van der Waals surface area (Å²) in [5, 5.41) is 8.01. The highest BCUT2D eigenvalue weighted by atomic mass is 32.1. The van der Waals surface area contributed by atoms with Crippen molar-refractivity contribution in [1.29, 1.82) is 0 Å². The van der Waals surface area contributed by atoms with E-state index in [1.807, 2.05) is 0 Å². The summed E-state index contributed by atoms with van der Waals surface area (Å²) in [5.74, 6) is 0.567. The normalized spacial score (nSPS) is 27.7. The summed E-state index contributed by atoms with van der Waals surface area (Å²) in [4.78, 5) is 0. The molecule has 1 fully saturated rings. The maximum Gasteiger partial charge on any atom is 0.113 e. The maximum absolute atomic E-state index is 6.14. The lowest BCUT2D eigenvalue weighted by atomic mass is 9.86. The fourth-order valence-electron chi connectivity index (χ4n) is 3.54. The van der Waals surface area contributed by atoms with Crippen LogP contribution in [-0.2, 0) is 9.47 Å². The van der Waals surface area contributed by atoms with Crippen LogP contribution in [0.25, 0.3) is 0 Å². The zero-order valence-electron chi connectivity index (χ0n) is 13.6. The first-order valence-corrected chi connectivity index (χ1v) is 9.38. The zero-order chi connectivity index (χ0) is 15.8. The van der Waals surface area contributed by atoms with Crippen LogP contribution < -0.4 is 5.32 Å². The largest absolute Gasteiger partial charge is 0.375 e. The molecule has 4 atom stereocenters. The predicted octanol–water partition coefficient (Wildman–Crippen LogP) is 4.88. The highest BCUT2D eigenvalue weighted by Gasteiger charge is 2.41. The van der Waals surface area contributed by atoms with Crippen molar-refractivity contribution < 1.29 is 9.47 Å². The molecule has 3 nitrogen and oxygen atoms in total. The maximum atomic E-state index is 6.14. The van der Waals surface area contributed by atoms with E-state index in [0.29, 0.717) is 19.1 Å². The molecule has 4 heteroatoms. The molecule has 4 rings (SSSR count). The molecular weight excluding hydrogens is 306 g/mol. The lowest BCUT2D eigenvalue weighted by molar-refractivity contribution is -0.151. The second-order valence-electron chi connectivity index (χ2n) is 6.46. The van der Waals surface area contributed by atoms with Crippen LogP contribution in [0.3, 0.4) is 0 Å². The van der Waals surface area contributed by atoms with Crippen LogP contribution in [-0.4, -0.2) is 19.3 Å². The Kier molecular flexibility index (Phi) is 4.14. The van der Waals surface area contributed by atoms with Gasteiger partial charge in [0.05, 0.1) is 19.3 Å². The molecule has 1 N–H and O–H groups in total. The number of benzene rings is 1. The molecule has 2 aliphatic heterocycles. The number of anilines is 1. The van der Waals surface area contributed by atoms with Crippen molar-refractivity contribution >= 4 is 17.0 Å². The van der Waals surface area contributed by atoms with Gasteiger partial charge < -0.3 is 14.8 Å². The van der Waals surface area contributed by atoms with Gasteiger partial charge in [-0.05, 0) is 46.4 Å². The molecule has 4 unspecified atom stereocenters. The van der Waals surface area contributed by atoms with Gasteiger partial charge in [0.1, 0.15) is 12.2 Å². The van der Waals surface area contributed by atoms with Gasteiger partial charge in [-0.1, -0.05) is 26.0 Å². The van der Waals surface area contributed by atoms with E-state index in [-0.39, 0.29) is 18.2 Å². The fraction of sp³-hybridized carbons (Fsp3) is 0.474. The SMILES string of the molecule is CCC(C)c1ccc2c(c1)C1OCCOC1C(c1ccsc1)N2. The summed E-state index contributed by atoms with van der Waals surface area (Å²) in [6.45, 7) is 5.86. The van der Waals surface area contributed by atoms with Crippen molar-refractivity contribution in [3.05, 3.63) is 51.7 Å². The van der Waals surface area contributed by atoms with Crippen LogP contribution >= 0.6 is 11.3 Å². The molecule has 0 saturated carbocycles. The number of fused-ring (bicyclic) bond motifs is 3. The van der Waals surface area contributed by atoms with Gasteiger partial charge in [-0.2, -0.15) is 11.3 Å². The van der Waals surface area contributed by atoms with Crippen molar-refractivity contribution in [1.82, 2.24) is 0 Å². The van der Waals surface area contributed by atoms with E-state index in [1.165, 1.54) is 22.4 Å². The Balaban J connectivity index is 1.74. The second-order valence-corrected chi connectivity index (χ2v) is 7.24. The molecule has 1 saturated heterocycles. The van der Waals surface area contributed by atoms with Crippen molar-refractivity contribution in [3.8, 4) is 0 Å². The highest BCUT2D eigenvalue weighted by molar-refractivity contribution is 7.08. The predicted molar refractivity (Wildman–Crippen MR) is 94.3 cm³/mol. The Morgan fingerprint density at radius 1 is 1.26 bits per heavy atom. The average molecular weight is 329 g/mol. The Morgan fingerprint density at radius 3 is 2.91 bits per heavy atom. The van der Waals surface area contributed by atoms with Crippen LogP contribution in [0.15, 0.2) is 35.0 Å². The van der Waals surface area contributed by atoms with Gasteiger partial charge in [-0.15, -0.1) is 0 Å². The first-order valence-electron chi connectivity index (χ1n) is 8.43. The third kappa shape index (κ3) is 2.69. The number of ether oxygens (including phenoxy) is 2. The number of thiophene rings is 1. The number of nitrogens with one attached hydrogen (secondary N) is 1. The van der Waals surface area contributed by atoms with E-state index in [2.05, 4.69) is 54.2 Å². The first-order chi connectivity index (χ1) is 11.3. The Bertz CT molecular complexity index is 670.